The fourth-order valence-electron chi connectivity index (χ4n) is 2.33. The van der Waals surface area contributed by atoms with Gasteiger partial charge in [-0.25, -0.2) is 0 Å². The molecule has 0 radical (unpaired) electrons. The highest BCUT2D eigenvalue weighted by Crippen LogP contribution is 1.98. The maximum Gasteiger partial charge on any atom is 0.191 e. The molecule has 1 aliphatic rings. The Morgan fingerprint density at radius 2 is 1.91 bits per heavy atom. The average Bonchev–Trinajstić information content (AvgIpc) is 2.55. The van der Waals surface area contributed by atoms with E-state index in [2.05, 4.69) is 27.4 Å². The molecule has 1 rings (SSSR count). The van der Waals surface area contributed by atoms with Gasteiger partial charge in [0.15, 0.2) is 5.96 Å². The van der Waals surface area contributed by atoms with Crippen LogP contribution < -0.4 is 10.6 Å². The van der Waals surface area contributed by atoms with Crippen molar-refractivity contribution in [1.29, 1.82) is 0 Å². The summed E-state index contributed by atoms with van der Waals surface area (Å²) in [7, 11) is 0. The van der Waals surface area contributed by atoms with Crippen molar-refractivity contribution in [3.63, 3.8) is 0 Å². The zero-order valence-corrected chi connectivity index (χ0v) is 17.1. The molecule has 23 heavy (non-hydrogen) atoms. The molecular weight excluding hydrogens is 407 g/mol. The van der Waals surface area contributed by atoms with E-state index in [0.29, 0.717) is 0 Å². The first-order valence-electron chi connectivity index (χ1n) is 8.76. The largest absolute Gasteiger partial charge is 0.382 e. The van der Waals surface area contributed by atoms with Crippen molar-refractivity contribution in [2.24, 2.45) is 4.99 Å². The number of nitrogens with one attached hydrogen (secondary N) is 2. The molecule has 0 saturated carbocycles. The third-order valence-corrected chi connectivity index (χ3v) is 3.56. The first kappa shape index (κ1) is 22.9. The summed E-state index contributed by atoms with van der Waals surface area (Å²) in [6, 6.07) is 0. The van der Waals surface area contributed by atoms with Gasteiger partial charge in [-0.15, -0.1) is 24.0 Å². The van der Waals surface area contributed by atoms with Crippen molar-refractivity contribution in [3.8, 4) is 0 Å². The number of ether oxygens (including phenoxy) is 2. The molecular formula is C16H35IN4O2. The van der Waals surface area contributed by atoms with E-state index in [-0.39, 0.29) is 24.0 Å². The molecule has 0 atom stereocenters. The zero-order valence-electron chi connectivity index (χ0n) is 14.8. The van der Waals surface area contributed by atoms with Gasteiger partial charge < -0.3 is 20.1 Å². The Kier molecular flexibility index (Phi) is 16.6. The van der Waals surface area contributed by atoms with Gasteiger partial charge in [-0.2, -0.15) is 0 Å². The standard InChI is InChI=1S/C16H34N4O2.HI/c1-3-17-16(18-8-5-6-13-21-4-2)19-9-7-10-20-11-14-22-15-12-20;/h3-15H2,1-2H3,(H2,17,18,19);1H. The molecule has 0 aromatic carbocycles. The van der Waals surface area contributed by atoms with E-state index in [4.69, 9.17) is 9.47 Å². The van der Waals surface area contributed by atoms with Crippen LogP contribution in [0.4, 0.5) is 0 Å². The van der Waals surface area contributed by atoms with Gasteiger partial charge in [0, 0.05) is 52.5 Å². The van der Waals surface area contributed by atoms with Gasteiger partial charge in [-0.05, 0) is 33.1 Å². The van der Waals surface area contributed by atoms with E-state index in [1.807, 2.05) is 6.92 Å². The van der Waals surface area contributed by atoms with Gasteiger partial charge in [0.05, 0.1) is 13.2 Å². The number of nitrogens with zero attached hydrogens (tertiary/aromatic N) is 2. The topological polar surface area (TPSA) is 58.1 Å². The van der Waals surface area contributed by atoms with Crippen LogP contribution in [-0.2, 0) is 9.47 Å². The van der Waals surface area contributed by atoms with Crippen LogP contribution in [-0.4, -0.2) is 76.6 Å². The predicted octanol–water partition coefficient (Wildman–Crippen LogP) is 1.70. The third-order valence-electron chi connectivity index (χ3n) is 3.56. The van der Waals surface area contributed by atoms with Gasteiger partial charge in [-0.1, -0.05) is 0 Å². The first-order valence-corrected chi connectivity index (χ1v) is 8.76. The lowest BCUT2D eigenvalue weighted by Crippen LogP contribution is -2.38. The molecule has 138 valence electrons. The summed E-state index contributed by atoms with van der Waals surface area (Å²) in [6.07, 6.45) is 3.30. The number of rotatable bonds is 11. The number of hydrogen-bond donors (Lipinski definition) is 2. The van der Waals surface area contributed by atoms with Crippen LogP contribution in [0.1, 0.15) is 33.1 Å². The Balaban J connectivity index is 0.00000484. The van der Waals surface area contributed by atoms with Crippen molar-refractivity contribution >= 4 is 29.9 Å². The maximum absolute atomic E-state index is 5.36. The van der Waals surface area contributed by atoms with E-state index in [0.717, 1.165) is 90.9 Å². The fraction of sp³-hybridized carbons (Fsp3) is 0.938. The molecule has 6 nitrogen and oxygen atoms in total. The minimum Gasteiger partial charge on any atom is -0.382 e. The molecule has 0 aromatic rings. The second-order valence-electron chi connectivity index (χ2n) is 5.40. The molecule has 0 bridgehead atoms. The SMILES string of the molecule is CCNC(=NCCCN1CCOCC1)NCCCCOCC.I. The lowest BCUT2D eigenvalue weighted by molar-refractivity contribution is 0.0377. The van der Waals surface area contributed by atoms with Crippen LogP contribution in [0.2, 0.25) is 0 Å². The number of unbranched alkanes of at least 4 members (excludes halogenated alkanes) is 1. The van der Waals surface area contributed by atoms with Crippen LogP contribution in [0.15, 0.2) is 4.99 Å². The molecule has 1 fully saturated rings. The molecule has 1 heterocycles. The Hall–Kier alpha value is -0.120. The molecule has 0 aliphatic carbocycles. The Labute approximate surface area is 158 Å². The van der Waals surface area contributed by atoms with E-state index >= 15 is 0 Å². The highest BCUT2D eigenvalue weighted by Gasteiger charge is 2.08. The van der Waals surface area contributed by atoms with E-state index in [1.54, 1.807) is 0 Å². The highest BCUT2D eigenvalue weighted by molar-refractivity contribution is 14.0. The number of guanidine groups is 1. The summed E-state index contributed by atoms with van der Waals surface area (Å²) >= 11 is 0. The third kappa shape index (κ3) is 12.9. The van der Waals surface area contributed by atoms with Crippen molar-refractivity contribution in [2.75, 3.05) is 65.7 Å². The fourth-order valence-corrected chi connectivity index (χ4v) is 2.33. The monoisotopic (exact) mass is 442 g/mol. The maximum atomic E-state index is 5.36. The normalized spacial score (nSPS) is 16.0. The van der Waals surface area contributed by atoms with Gasteiger partial charge in [0.25, 0.3) is 0 Å². The summed E-state index contributed by atoms with van der Waals surface area (Å²) < 4.78 is 10.7. The Bertz CT molecular complexity index is 287. The molecule has 0 aromatic heterocycles. The first-order chi connectivity index (χ1) is 10.9. The number of halogens is 1. The zero-order chi connectivity index (χ0) is 15.9. The van der Waals surface area contributed by atoms with Crippen molar-refractivity contribution < 1.29 is 9.47 Å². The van der Waals surface area contributed by atoms with Gasteiger partial charge in [0.2, 0.25) is 0 Å². The van der Waals surface area contributed by atoms with Gasteiger partial charge >= 0.3 is 0 Å². The summed E-state index contributed by atoms with van der Waals surface area (Å²) in [5.74, 6) is 0.931. The molecule has 1 aliphatic heterocycles. The van der Waals surface area contributed by atoms with Crippen molar-refractivity contribution in [3.05, 3.63) is 0 Å². The van der Waals surface area contributed by atoms with Crippen LogP contribution in [0.25, 0.3) is 0 Å². The number of morpholine rings is 1. The minimum absolute atomic E-state index is 0. The van der Waals surface area contributed by atoms with Crippen LogP contribution in [0.5, 0.6) is 0 Å². The summed E-state index contributed by atoms with van der Waals surface area (Å²) in [4.78, 5) is 7.09. The summed E-state index contributed by atoms with van der Waals surface area (Å²) in [5.41, 5.74) is 0. The van der Waals surface area contributed by atoms with Crippen LogP contribution >= 0.6 is 24.0 Å². The Morgan fingerprint density at radius 1 is 1.13 bits per heavy atom. The highest BCUT2D eigenvalue weighted by atomic mass is 127. The Morgan fingerprint density at radius 3 is 2.61 bits per heavy atom. The number of hydrogen-bond acceptors (Lipinski definition) is 4. The lowest BCUT2D eigenvalue weighted by atomic mass is 10.3. The molecule has 2 N–H and O–H groups in total. The minimum atomic E-state index is 0. The van der Waals surface area contributed by atoms with Crippen LogP contribution in [0.3, 0.4) is 0 Å². The second kappa shape index (κ2) is 16.7. The molecule has 7 heteroatoms. The van der Waals surface area contributed by atoms with Gasteiger partial charge in [-0.3, -0.25) is 9.89 Å². The molecule has 0 unspecified atom stereocenters. The smallest absolute Gasteiger partial charge is 0.191 e. The van der Waals surface area contributed by atoms with Gasteiger partial charge in [0.1, 0.15) is 0 Å². The number of aliphatic imine (C=N–C) groups is 1. The predicted molar refractivity (Wildman–Crippen MR) is 107 cm³/mol. The quantitative estimate of drug-likeness (QED) is 0.221. The molecule has 1 saturated heterocycles. The van der Waals surface area contributed by atoms with E-state index in [1.165, 1.54) is 0 Å². The summed E-state index contributed by atoms with van der Waals surface area (Å²) in [6.45, 7) is 13.5. The van der Waals surface area contributed by atoms with Crippen molar-refractivity contribution in [1.82, 2.24) is 15.5 Å². The lowest BCUT2D eigenvalue weighted by Gasteiger charge is -2.26. The van der Waals surface area contributed by atoms with Crippen molar-refractivity contribution in [2.45, 2.75) is 33.1 Å². The van der Waals surface area contributed by atoms with E-state index < -0.39 is 0 Å². The average molecular weight is 442 g/mol. The summed E-state index contributed by atoms with van der Waals surface area (Å²) in [5, 5.41) is 6.68. The molecule has 0 amide bonds. The van der Waals surface area contributed by atoms with Crippen LogP contribution in [0, 0.1) is 0 Å². The molecule has 0 spiro atoms. The second-order valence-corrected chi connectivity index (χ2v) is 5.40. The van der Waals surface area contributed by atoms with E-state index in [9.17, 15) is 0 Å².